The summed E-state index contributed by atoms with van der Waals surface area (Å²) in [7, 11) is 0. The van der Waals surface area contributed by atoms with Crippen molar-refractivity contribution in [2.24, 2.45) is 5.73 Å². The highest BCUT2D eigenvalue weighted by molar-refractivity contribution is 7.99. The molecule has 2 heterocycles. The predicted molar refractivity (Wildman–Crippen MR) is 94.8 cm³/mol. The average Bonchev–Trinajstić information content (AvgIpc) is 2.57. The number of ketones is 1. The van der Waals surface area contributed by atoms with Crippen molar-refractivity contribution in [1.29, 1.82) is 0 Å². The summed E-state index contributed by atoms with van der Waals surface area (Å²) in [4.78, 5) is 13.8. The van der Waals surface area contributed by atoms with Crippen LogP contribution in [0, 0.1) is 0 Å². The summed E-state index contributed by atoms with van der Waals surface area (Å²) >= 11 is 3.68. The topological polar surface area (TPSA) is 43.1 Å². The molecule has 0 bridgehead atoms. The Balaban J connectivity index is 0.000000131. The summed E-state index contributed by atoms with van der Waals surface area (Å²) in [6.45, 7) is 0. The number of rotatable bonds is 0. The summed E-state index contributed by atoms with van der Waals surface area (Å²) in [6.07, 6.45) is 1.81. The number of Topliss-reactive ketones (excluding diaryl/α,β-unsaturated/α-hetero) is 1. The smallest absolute Gasteiger partial charge is 0.164 e. The molecule has 0 aromatic heterocycles. The van der Waals surface area contributed by atoms with Gasteiger partial charge in [0, 0.05) is 33.6 Å². The number of hydrogen-bond acceptors (Lipinski definition) is 4. The van der Waals surface area contributed by atoms with Crippen molar-refractivity contribution in [1.82, 2.24) is 0 Å². The quantitative estimate of drug-likeness (QED) is 0.770. The SMILES string of the molecule is NC1CCSc2ccccc21.O=C1CCSc2ccccc21. The molecule has 0 amide bonds. The second kappa shape index (κ2) is 7.36. The zero-order valence-corrected chi connectivity index (χ0v) is 14.0. The van der Waals surface area contributed by atoms with Gasteiger partial charge in [-0.3, -0.25) is 4.79 Å². The van der Waals surface area contributed by atoms with Crippen LogP contribution < -0.4 is 5.73 Å². The molecular formula is C18H19NOS2. The number of nitrogens with two attached hydrogens (primary N) is 1. The fourth-order valence-electron chi connectivity index (χ4n) is 2.58. The molecule has 4 heteroatoms. The third-order valence-corrected chi connectivity index (χ3v) is 5.98. The van der Waals surface area contributed by atoms with Crippen LogP contribution in [0.5, 0.6) is 0 Å². The maximum atomic E-state index is 11.3. The second-order valence-electron chi connectivity index (χ2n) is 5.30. The van der Waals surface area contributed by atoms with Gasteiger partial charge >= 0.3 is 0 Å². The van der Waals surface area contributed by atoms with E-state index in [2.05, 4.69) is 24.3 Å². The molecule has 4 rings (SSSR count). The lowest BCUT2D eigenvalue weighted by atomic mass is 10.1. The van der Waals surface area contributed by atoms with Crippen LogP contribution >= 0.6 is 23.5 Å². The molecule has 0 saturated heterocycles. The maximum absolute atomic E-state index is 11.3. The first-order valence-corrected chi connectivity index (χ1v) is 9.45. The molecule has 2 N–H and O–H groups in total. The molecule has 2 aromatic rings. The van der Waals surface area contributed by atoms with E-state index in [0.29, 0.717) is 12.2 Å². The molecule has 2 nitrogen and oxygen atoms in total. The Morgan fingerprint density at radius 3 is 2.36 bits per heavy atom. The van der Waals surface area contributed by atoms with E-state index in [1.807, 2.05) is 36.0 Å². The number of benzene rings is 2. The lowest BCUT2D eigenvalue weighted by Gasteiger charge is -2.20. The fourth-order valence-corrected chi connectivity index (χ4v) is 4.75. The van der Waals surface area contributed by atoms with Gasteiger partial charge in [0.2, 0.25) is 0 Å². The van der Waals surface area contributed by atoms with Crippen LogP contribution in [-0.2, 0) is 0 Å². The summed E-state index contributed by atoms with van der Waals surface area (Å²) in [5, 5.41) is 0. The molecule has 1 unspecified atom stereocenters. The first-order chi connectivity index (χ1) is 10.8. The minimum absolute atomic E-state index is 0.271. The summed E-state index contributed by atoms with van der Waals surface area (Å²) < 4.78 is 0. The Hall–Kier alpha value is -1.23. The number of carbonyl (C=O) groups excluding carboxylic acids is 1. The molecule has 22 heavy (non-hydrogen) atoms. The van der Waals surface area contributed by atoms with E-state index < -0.39 is 0 Å². The molecule has 114 valence electrons. The number of fused-ring (bicyclic) bond motifs is 2. The molecule has 0 aliphatic carbocycles. The molecule has 2 aromatic carbocycles. The van der Waals surface area contributed by atoms with E-state index >= 15 is 0 Å². The van der Waals surface area contributed by atoms with Gasteiger partial charge in [-0.1, -0.05) is 36.4 Å². The first kappa shape index (κ1) is 15.7. The van der Waals surface area contributed by atoms with E-state index in [-0.39, 0.29) is 6.04 Å². The zero-order chi connectivity index (χ0) is 15.4. The van der Waals surface area contributed by atoms with Crippen LogP contribution in [0.1, 0.15) is 34.8 Å². The molecule has 0 fully saturated rings. The van der Waals surface area contributed by atoms with E-state index in [4.69, 9.17) is 5.73 Å². The van der Waals surface area contributed by atoms with Crippen LogP contribution in [-0.4, -0.2) is 17.3 Å². The summed E-state index contributed by atoms with van der Waals surface area (Å²) in [5.74, 6) is 2.40. The molecular weight excluding hydrogens is 310 g/mol. The van der Waals surface area contributed by atoms with E-state index in [9.17, 15) is 4.79 Å². The largest absolute Gasteiger partial charge is 0.324 e. The minimum Gasteiger partial charge on any atom is -0.324 e. The molecule has 2 aliphatic heterocycles. The van der Waals surface area contributed by atoms with Crippen molar-refractivity contribution in [3.63, 3.8) is 0 Å². The lowest BCUT2D eigenvalue weighted by Crippen LogP contribution is -2.15. The molecule has 2 aliphatic rings. The predicted octanol–water partition coefficient (Wildman–Crippen LogP) is 4.55. The molecule has 0 spiro atoms. The van der Waals surface area contributed by atoms with Gasteiger partial charge in [-0.15, -0.1) is 23.5 Å². The van der Waals surface area contributed by atoms with Gasteiger partial charge < -0.3 is 5.73 Å². The molecule has 1 atom stereocenters. The third kappa shape index (κ3) is 3.57. The highest BCUT2D eigenvalue weighted by Gasteiger charge is 2.16. The molecule has 0 radical (unpaired) electrons. The van der Waals surface area contributed by atoms with Crippen molar-refractivity contribution in [3.05, 3.63) is 59.7 Å². The van der Waals surface area contributed by atoms with Crippen LogP contribution in [0.4, 0.5) is 0 Å². The normalized spacial score (nSPS) is 19.5. The van der Waals surface area contributed by atoms with Gasteiger partial charge in [0.1, 0.15) is 0 Å². The second-order valence-corrected chi connectivity index (χ2v) is 7.57. The van der Waals surface area contributed by atoms with Gasteiger partial charge in [0.25, 0.3) is 0 Å². The zero-order valence-electron chi connectivity index (χ0n) is 12.3. The standard InChI is InChI=1S/C9H11NS.C9H8OS/c2*10-8-5-6-11-9-4-2-1-3-7(8)9/h1-4,8H,5-6,10H2;1-4H,5-6H2. The molecule has 0 saturated carbocycles. The van der Waals surface area contributed by atoms with Gasteiger partial charge in [-0.05, 0) is 29.9 Å². The lowest BCUT2D eigenvalue weighted by molar-refractivity contribution is 0.0985. The first-order valence-electron chi connectivity index (χ1n) is 7.48. The van der Waals surface area contributed by atoms with Crippen LogP contribution in [0.2, 0.25) is 0 Å². The summed E-state index contributed by atoms with van der Waals surface area (Å²) in [6, 6.07) is 16.5. The van der Waals surface area contributed by atoms with Crippen molar-refractivity contribution in [2.75, 3.05) is 11.5 Å². The fraction of sp³-hybridized carbons (Fsp3) is 0.278. The van der Waals surface area contributed by atoms with Gasteiger partial charge in [0.15, 0.2) is 5.78 Å². The van der Waals surface area contributed by atoms with Gasteiger partial charge in [-0.2, -0.15) is 0 Å². The van der Waals surface area contributed by atoms with Crippen molar-refractivity contribution < 1.29 is 4.79 Å². The number of hydrogen-bond donors (Lipinski definition) is 1. The maximum Gasteiger partial charge on any atom is 0.164 e. The monoisotopic (exact) mass is 329 g/mol. The van der Waals surface area contributed by atoms with Gasteiger partial charge in [-0.25, -0.2) is 0 Å². The minimum atomic E-state index is 0.271. The highest BCUT2D eigenvalue weighted by Crippen LogP contribution is 2.34. The third-order valence-electron chi connectivity index (χ3n) is 3.78. The Kier molecular flexibility index (Phi) is 5.24. The van der Waals surface area contributed by atoms with Crippen molar-refractivity contribution in [3.8, 4) is 0 Å². The highest BCUT2D eigenvalue weighted by atomic mass is 32.2. The van der Waals surface area contributed by atoms with E-state index in [0.717, 1.165) is 28.4 Å². The number of carbonyl (C=O) groups is 1. The number of thioether (sulfide) groups is 2. The Bertz CT molecular complexity index is 672. The van der Waals surface area contributed by atoms with E-state index in [1.165, 1.54) is 10.5 Å². The Morgan fingerprint density at radius 1 is 0.909 bits per heavy atom. The van der Waals surface area contributed by atoms with Crippen molar-refractivity contribution in [2.45, 2.75) is 28.7 Å². The average molecular weight is 329 g/mol. The van der Waals surface area contributed by atoms with Gasteiger partial charge in [0.05, 0.1) is 0 Å². The van der Waals surface area contributed by atoms with Crippen LogP contribution in [0.15, 0.2) is 58.3 Å². The Morgan fingerprint density at radius 2 is 1.59 bits per heavy atom. The van der Waals surface area contributed by atoms with Crippen LogP contribution in [0.25, 0.3) is 0 Å². The van der Waals surface area contributed by atoms with E-state index in [1.54, 1.807) is 11.8 Å². The Labute approximate surface area is 139 Å². The summed E-state index contributed by atoms with van der Waals surface area (Å²) in [5.41, 5.74) is 8.16. The van der Waals surface area contributed by atoms with Crippen LogP contribution in [0.3, 0.4) is 0 Å². The van der Waals surface area contributed by atoms with Crippen molar-refractivity contribution >= 4 is 29.3 Å².